The van der Waals surface area contributed by atoms with Gasteiger partial charge in [-0.1, -0.05) is 34.1 Å². The van der Waals surface area contributed by atoms with E-state index in [4.69, 9.17) is 10.5 Å². The van der Waals surface area contributed by atoms with Crippen LogP contribution in [0.2, 0.25) is 0 Å². The highest BCUT2D eigenvalue weighted by molar-refractivity contribution is 9.10. The Balaban J connectivity index is 2.11. The fourth-order valence-electron chi connectivity index (χ4n) is 1.41. The van der Waals surface area contributed by atoms with Gasteiger partial charge >= 0.3 is 0 Å². The Hall–Kier alpha value is -1.82. The molecule has 5 nitrogen and oxygen atoms in total. The Morgan fingerprint density at radius 3 is 2.83 bits per heavy atom. The Morgan fingerprint density at radius 2 is 2.11 bits per heavy atom. The first-order chi connectivity index (χ1) is 8.69. The summed E-state index contributed by atoms with van der Waals surface area (Å²) in [6, 6.07) is 9.55. The average Bonchev–Trinajstić information content (AvgIpc) is 2.37. The number of halogens is 1. The molecule has 3 N–H and O–H groups in total. The maximum atomic E-state index is 5.60. The monoisotopic (exact) mass is 308 g/mol. The predicted molar refractivity (Wildman–Crippen MR) is 74.5 cm³/mol. The minimum Gasteiger partial charge on any atom is -0.473 e. The van der Waals surface area contributed by atoms with Crippen LogP contribution in [-0.2, 0) is 6.61 Å². The molecule has 0 bridgehead atoms. The maximum absolute atomic E-state index is 5.60. The lowest BCUT2D eigenvalue weighted by molar-refractivity contribution is 0.293. The average molecular weight is 309 g/mol. The first kappa shape index (κ1) is 12.6. The molecule has 6 heteroatoms. The molecule has 0 aliphatic heterocycles. The molecule has 0 radical (unpaired) electrons. The number of ether oxygens (including phenoxy) is 1. The standard InChI is InChI=1S/C12H13BrN4O/c1-15-10-6-11(17-12(14)16-10)18-7-8-4-2-3-5-9(8)13/h2-6H,7H2,1H3,(H3,14,15,16,17). The molecule has 94 valence electrons. The highest BCUT2D eigenvalue weighted by Gasteiger charge is 2.04. The highest BCUT2D eigenvalue weighted by Crippen LogP contribution is 2.19. The van der Waals surface area contributed by atoms with Crippen LogP contribution in [0.15, 0.2) is 34.8 Å². The zero-order valence-electron chi connectivity index (χ0n) is 9.85. The van der Waals surface area contributed by atoms with Gasteiger partial charge in [0.2, 0.25) is 11.8 Å². The molecule has 0 aliphatic rings. The van der Waals surface area contributed by atoms with Gasteiger partial charge in [-0.3, -0.25) is 0 Å². The molecule has 0 atom stereocenters. The second-order valence-electron chi connectivity index (χ2n) is 3.58. The van der Waals surface area contributed by atoms with Crippen molar-refractivity contribution in [1.82, 2.24) is 9.97 Å². The molecule has 0 spiro atoms. The van der Waals surface area contributed by atoms with E-state index in [9.17, 15) is 0 Å². The third-order valence-corrected chi connectivity index (χ3v) is 3.08. The van der Waals surface area contributed by atoms with Crippen molar-refractivity contribution in [3.8, 4) is 5.88 Å². The van der Waals surface area contributed by atoms with E-state index >= 15 is 0 Å². The van der Waals surface area contributed by atoms with Crippen LogP contribution >= 0.6 is 15.9 Å². The second kappa shape index (κ2) is 5.68. The Morgan fingerprint density at radius 1 is 1.33 bits per heavy atom. The fraction of sp³-hybridized carbons (Fsp3) is 0.167. The van der Waals surface area contributed by atoms with E-state index in [1.807, 2.05) is 24.3 Å². The van der Waals surface area contributed by atoms with Crippen molar-refractivity contribution in [2.24, 2.45) is 0 Å². The number of benzene rings is 1. The van der Waals surface area contributed by atoms with Crippen LogP contribution in [0.3, 0.4) is 0 Å². The van der Waals surface area contributed by atoms with Crippen LogP contribution < -0.4 is 15.8 Å². The summed E-state index contributed by atoms with van der Waals surface area (Å²) in [5.41, 5.74) is 6.62. The second-order valence-corrected chi connectivity index (χ2v) is 4.43. The summed E-state index contributed by atoms with van der Waals surface area (Å²) >= 11 is 3.46. The number of aromatic nitrogens is 2. The van der Waals surface area contributed by atoms with Gasteiger partial charge < -0.3 is 15.8 Å². The Bertz CT molecular complexity index is 547. The predicted octanol–water partition coefficient (Wildman–Crippen LogP) is 2.44. The zero-order chi connectivity index (χ0) is 13.0. The summed E-state index contributed by atoms with van der Waals surface area (Å²) < 4.78 is 6.60. The number of anilines is 2. The number of rotatable bonds is 4. The van der Waals surface area contributed by atoms with Crippen LogP contribution in [0.25, 0.3) is 0 Å². The lowest BCUT2D eigenvalue weighted by Crippen LogP contribution is -2.04. The lowest BCUT2D eigenvalue weighted by Gasteiger charge is -2.08. The van der Waals surface area contributed by atoms with Gasteiger partial charge in [-0.2, -0.15) is 9.97 Å². The van der Waals surface area contributed by atoms with Crippen LogP contribution in [0, 0.1) is 0 Å². The van der Waals surface area contributed by atoms with Gasteiger partial charge in [0.25, 0.3) is 0 Å². The number of nitrogens with two attached hydrogens (primary N) is 1. The van der Waals surface area contributed by atoms with E-state index in [1.54, 1.807) is 13.1 Å². The third kappa shape index (κ3) is 3.10. The van der Waals surface area contributed by atoms with Crippen molar-refractivity contribution in [1.29, 1.82) is 0 Å². The van der Waals surface area contributed by atoms with Crippen molar-refractivity contribution in [2.45, 2.75) is 6.61 Å². The number of nitrogens with zero attached hydrogens (tertiary/aromatic N) is 2. The molecule has 0 unspecified atom stereocenters. The lowest BCUT2D eigenvalue weighted by atomic mass is 10.2. The molecule has 0 amide bonds. The van der Waals surface area contributed by atoms with Crippen molar-refractivity contribution < 1.29 is 4.74 Å². The summed E-state index contributed by atoms with van der Waals surface area (Å²) in [4.78, 5) is 8.01. The summed E-state index contributed by atoms with van der Waals surface area (Å²) in [6.45, 7) is 0.418. The van der Waals surface area contributed by atoms with Crippen LogP contribution in [0.5, 0.6) is 5.88 Å². The smallest absolute Gasteiger partial charge is 0.225 e. The van der Waals surface area contributed by atoms with Gasteiger partial charge in [0.15, 0.2) is 0 Å². The molecule has 2 aromatic rings. The molecule has 1 aromatic carbocycles. The minimum atomic E-state index is 0.184. The zero-order valence-corrected chi connectivity index (χ0v) is 11.4. The first-order valence-corrected chi connectivity index (χ1v) is 6.17. The summed E-state index contributed by atoms with van der Waals surface area (Å²) in [7, 11) is 1.76. The van der Waals surface area contributed by atoms with E-state index in [-0.39, 0.29) is 5.95 Å². The quantitative estimate of drug-likeness (QED) is 0.907. The molecule has 0 saturated carbocycles. The van der Waals surface area contributed by atoms with Crippen molar-refractivity contribution in [3.63, 3.8) is 0 Å². The highest BCUT2D eigenvalue weighted by atomic mass is 79.9. The normalized spacial score (nSPS) is 10.1. The number of hydrogen-bond donors (Lipinski definition) is 2. The van der Waals surface area contributed by atoms with Crippen LogP contribution in [0.1, 0.15) is 5.56 Å². The van der Waals surface area contributed by atoms with Gasteiger partial charge in [0.05, 0.1) is 0 Å². The number of nitrogens with one attached hydrogen (secondary N) is 1. The number of hydrogen-bond acceptors (Lipinski definition) is 5. The fourth-order valence-corrected chi connectivity index (χ4v) is 1.81. The van der Waals surface area contributed by atoms with Crippen molar-refractivity contribution in [2.75, 3.05) is 18.1 Å². The van der Waals surface area contributed by atoms with E-state index in [2.05, 4.69) is 31.2 Å². The third-order valence-electron chi connectivity index (χ3n) is 2.31. The summed E-state index contributed by atoms with van der Waals surface area (Å²) in [5, 5.41) is 2.90. The molecule has 18 heavy (non-hydrogen) atoms. The molecule has 0 aliphatic carbocycles. The van der Waals surface area contributed by atoms with Crippen molar-refractivity contribution >= 4 is 27.7 Å². The van der Waals surface area contributed by atoms with E-state index in [1.165, 1.54) is 0 Å². The topological polar surface area (TPSA) is 73.1 Å². The van der Waals surface area contributed by atoms with E-state index < -0.39 is 0 Å². The maximum Gasteiger partial charge on any atom is 0.225 e. The number of nitrogen functional groups attached to an aromatic ring is 1. The Kier molecular flexibility index (Phi) is 3.99. The van der Waals surface area contributed by atoms with E-state index in [0.717, 1.165) is 10.0 Å². The molecule has 2 rings (SSSR count). The molecule has 1 heterocycles. The van der Waals surface area contributed by atoms with Gasteiger partial charge in [-0.05, 0) is 6.07 Å². The van der Waals surface area contributed by atoms with Gasteiger partial charge in [0.1, 0.15) is 12.4 Å². The van der Waals surface area contributed by atoms with Gasteiger partial charge in [-0.25, -0.2) is 0 Å². The summed E-state index contributed by atoms with van der Waals surface area (Å²) in [5.74, 6) is 1.26. The minimum absolute atomic E-state index is 0.184. The van der Waals surface area contributed by atoms with Crippen LogP contribution in [0.4, 0.5) is 11.8 Å². The summed E-state index contributed by atoms with van der Waals surface area (Å²) in [6.07, 6.45) is 0. The first-order valence-electron chi connectivity index (χ1n) is 5.37. The van der Waals surface area contributed by atoms with Gasteiger partial charge in [0, 0.05) is 23.2 Å². The van der Waals surface area contributed by atoms with Crippen LogP contribution in [-0.4, -0.2) is 17.0 Å². The molecule has 0 saturated heterocycles. The molecule has 0 fully saturated rings. The SMILES string of the molecule is CNc1cc(OCc2ccccc2Br)nc(N)n1. The largest absolute Gasteiger partial charge is 0.473 e. The molecule has 1 aromatic heterocycles. The van der Waals surface area contributed by atoms with Crippen molar-refractivity contribution in [3.05, 3.63) is 40.4 Å². The van der Waals surface area contributed by atoms with Gasteiger partial charge in [-0.15, -0.1) is 0 Å². The molecular formula is C12H13BrN4O. The Labute approximate surface area is 114 Å². The molecular weight excluding hydrogens is 296 g/mol. The van der Waals surface area contributed by atoms with E-state index in [0.29, 0.717) is 18.3 Å².